The average molecular weight is 226 g/mol. The van der Waals surface area contributed by atoms with Gasteiger partial charge in [0, 0.05) is 16.6 Å². The van der Waals surface area contributed by atoms with Crippen LogP contribution >= 0.6 is 11.8 Å². The summed E-state index contributed by atoms with van der Waals surface area (Å²) >= 11 is 1.87. The van der Waals surface area contributed by atoms with Crippen molar-refractivity contribution >= 4 is 22.6 Å². The molecule has 14 heavy (non-hydrogen) atoms. The van der Waals surface area contributed by atoms with Crippen molar-refractivity contribution in [2.45, 2.75) is 17.4 Å². The van der Waals surface area contributed by atoms with Gasteiger partial charge in [0.05, 0.1) is 4.58 Å². The summed E-state index contributed by atoms with van der Waals surface area (Å²) in [5, 5.41) is 0. The fraction of sp³-hybridized carbons (Fsp3) is 0.455. The lowest BCUT2D eigenvalue weighted by molar-refractivity contribution is 0.677. The Bertz CT molecular complexity index is 310. The molecule has 0 N–H and O–H groups in total. The molecule has 0 radical (unpaired) electrons. The van der Waals surface area contributed by atoms with E-state index in [1.54, 1.807) is 0 Å². The van der Waals surface area contributed by atoms with Crippen LogP contribution in [0.15, 0.2) is 30.3 Å². The number of benzene rings is 1. The maximum absolute atomic E-state index is 11.7. The highest BCUT2D eigenvalue weighted by atomic mass is 32.2. The molecule has 1 fully saturated rings. The Labute approximate surface area is 91.7 Å². The van der Waals surface area contributed by atoms with Crippen LogP contribution in [0, 0.1) is 0 Å². The topological polar surface area (TPSA) is 17.1 Å². The smallest absolute Gasteiger partial charge is 0.0841 e. The molecule has 0 bridgehead atoms. The molecule has 2 rings (SSSR count). The van der Waals surface area contributed by atoms with E-state index >= 15 is 0 Å². The molecule has 1 aromatic carbocycles. The van der Waals surface area contributed by atoms with Gasteiger partial charge in [-0.25, -0.2) is 0 Å². The highest BCUT2D eigenvalue weighted by molar-refractivity contribution is 8.11. The molecule has 0 aromatic heterocycles. The first-order valence-electron chi connectivity index (χ1n) is 4.89. The molecule has 1 nitrogen and oxygen atoms in total. The maximum atomic E-state index is 11.7. The van der Waals surface area contributed by atoms with Gasteiger partial charge in [-0.05, 0) is 24.2 Å². The lowest BCUT2D eigenvalue weighted by Gasteiger charge is -2.20. The fourth-order valence-corrected chi connectivity index (χ4v) is 4.90. The second-order valence-corrected chi connectivity index (χ2v) is 6.78. The van der Waals surface area contributed by atoms with Gasteiger partial charge in [-0.3, -0.25) is 4.21 Å². The minimum absolute atomic E-state index is 0.325. The zero-order chi connectivity index (χ0) is 9.80. The van der Waals surface area contributed by atoms with E-state index in [1.807, 2.05) is 30.0 Å². The first-order valence-corrected chi connectivity index (χ1v) is 7.32. The summed E-state index contributed by atoms with van der Waals surface area (Å²) in [7, 11) is -0.616. The number of hydrogen-bond acceptors (Lipinski definition) is 2. The van der Waals surface area contributed by atoms with Gasteiger partial charge in [0.25, 0.3) is 0 Å². The molecule has 3 heteroatoms. The molecule has 1 heterocycles. The first-order chi connectivity index (χ1) is 6.86. The molecule has 0 spiro atoms. The lowest BCUT2D eigenvalue weighted by atomic mass is 10.2. The van der Waals surface area contributed by atoms with Gasteiger partial charge in [0.15, 0.2) is 0 Å². The summed E-state index contributed by atoms with van der Waals surface area (Å²) in [4.78, 5) is 0. The highest BCUT2D eigenvalue weighted by Gasteiger charge is 2.21. The molecule has 1 aliphatic heterocycles. The molecule has 76 valence electrons. The molecule has 1 saturated heterocycles. The number of rotatable bonds is 2. The van der Waals surface area contributed by atoms with Gasteiger partial charge in [-0.1, -0.05) is 30.3 Å². The molecule has 0 saturated carbocycles. The third-order valence-electron chi connectivity index (χ3n) is 2.33. The van der Waals surface area contributed by atoms with Crippen LogP contribution in [-0.2, 0) is 17.2 Å². The van der Waals surface area contributed by atoms with Crippen LogP contribution in [-0.4, -0.2) is 20.3 Å². The standard InChI is InChI=1S/C11H14OS2/c12-14-8-4-7-13-11(14)9-10-5-2-1-3-6-10/h1-3,5-6,11H,4,7-9H2/t11-,14?/m0/s1. The molecule has 1 aliphatic rings. The van der Waals surface area contributed by atoms with Crippen molar-refractivity contribution in [3.05, 3.63) is 35.9 Å². The van der Waals surface area contributed by atoms with Crippen LogP contribution in [0.2, 0.25) is 0 Å². The van der Waals surface area contributed by atoms with Crippen molar-refractivity contribution < 1.29 is 4.21 Å². The third-order valence-corrected chi connectivity index (χ3v) is 5.89. The van der Waals surface area contributed by atoms with Crippen molar-refractivity contribution in [2.24, 2.45) is 0 Å². The Hall–Kier alpha value is -0.280. The van der Waals surface area contributed by atoms with E-state index in [2.05, 4.69) is 12.1 Å². The summed E-state index contributed by atoms with van der Waals surface area (Å²) in [5.41, 5.74) is 1.31. The molecule has 1 aromatic rings. The minimum Gasteiger partial charge on any atom is -0.258 e. The van der Waals surface area contributed by atoms with Crippen LogP contribution < -0.4 is 0 Å². The minimum atomic E-state index is -0.616. The monoisotopic (exact) mass is 226 g/mol. The predicted molar refractivity (Wildman–Crippen MR) is 64.0 cm³/mol. The zero-order valence-corrected chi connectivity index (χ0v) is 9.65. The molecule has 2 atom stereocenters. The third kappa shape index (κ3) is 2.61. The number of thioether (sulfide) groups is 1. The zero-order valence-electron chi connectivity index (χ0n) is 8.02. The van der Waals surface area contributed by atoms with Crippen molar-refractivity contribution in [1.82, 2.24) is 0 Å². The average Bonchev–Trinajstić information content (AvgIpc) is 2.23. The van der Waals surface area contributed by atoms with Crippen LogP contribution in [0.5, 0.6) is 0 Å². The molecular formula is C11H14OS2. The normalized spacial score (nSPS) is 27.4. The molecule has 0 aliphatic carbocycles. The van der Waals surface area contributed by atoms with E-state index < -0.39 is 10.8 Å². The van der Waals surface area contributed by atoms with Gasteiger partial charge in [0.1, 0.15) is 0 Å². The van der Waals surface area contributed by atoms with Gasteiger partial charge >= 0.3 is 0 Å². The van der Waals surface area contributed by atoms with E-state index in [0.29, 0.717) is 4.58 Å². The SMILES string of the molecule is O=S1CCCS[C@@H]1Cc1ccccc1. The van der Waals surface area contributed by atoms with E-state index in [9.17, 15) is 4.21 Å². The van der Waals surface area contributed by atoms with E-state index in [1.165, 1.54) is 11.3 Å². The second-order valence-electron chi connectivity index (χ2n) is 3.43. The highest BCUT2D eigenvalue weighted by Crippen LogP contribution is 2.25. The predicted octanol–water partition coefficient (Wildman–Crippen LogP) is 2.44. The van der Waals surface area contributed by atoms with E-state index in [4.69, 9.17) is 0 Å². The summed E-state index contributed by atoms with van der Waals surface area (Å²) in [6.07, 6.45) is 2.07. The summed E-state index contributed by atoms with van der Waals surface area (Å²) < 4.78 is 12.0. The van der Waals surface area contributed by atoms with Gasteiger partial charge in [-0.2, -0.15) is 0 Å². The summed E-state index contributed by atoms with van der Waals surface area (Å²) in [6.45, 7) is 0. The number of hydrogen-bond donors (Lipinski definition) is 0. The van der Waals surface area contributed by atoms with Crippen molar-refractivity contribution in [3.63, 3.8) is 0 Å². The van der Waals surface area contributed by atoms with Crippen LogP contribution in [0.1, 0.15) is 12.0 Å². The van der Waals surface area contributed by atoms with Gasteiger partial charge < -0.3 is 0 Å². The Kier molecular flexibility index (Phi) is 3.65. The van der Waals surface area contributed by atoms with Gasteiger partial charge in [0.2, 0.25) is 0 Å². The van der Waals surface area contributed by atoms with E-state index in [0.717, 1.165) is 18.6 Å². The summed E-state index contributed by atoms with van der Waals surface area (Å²) in [5.74, 6) is 2.06. The Balaban J connectivity index is 2.00. The van der Waals surface area contributed by atoms with Crippen LogP contribution in [0.4, 0.5) is 0 Å². The van der Waals surface area contributed by atoms with Crippen LogP contribution in [0.25, 0.3) is 0 Å². The second kappa shape index (κ2) is 4.99. The first kappa shape index (κ1) is 10.2. The van der Waals surface area contributed by atoms with E-state index in [-0.39, 0.29) is 0 Å². The van der Waals surface area contributed by atoms with Crippen molar-refractivity contribution in [1.29, 1.82) is 0 Å². The molecule has 0 amide bonds. The Morgan fingerprint density at radius 1 is 1.36 bits per heavy atom. The largest absolute Gasteiger partial charge is 0.258 e. The fourth-order valence-electron chi connectivity index (χ4n) is 1.58. The lowest BCUT2D eigenvalue weighted by Crippen LogP contribution is -2.22. The van der Waals surface area contributed by atoms with Crippen molar-refractivity contribution in [3.8, 4) is 0 Å². The van der Waals surface area contributed by atoms with Gasteiger partial charge in [-0.15, -0.1) is 11.8 Å². The van der Waals surface area contributed by atoms with Crippen LogP contribution in [0.3, 0.4) is 0 Å². The molecule has 1 unspecified atom stereocenters. The maximum Gasteiger partial charge on any atom is 0.0841 e. The quantitative estimate of drug-likeness (QED) is 0.770. The Morgan fingerprint density at radius 2 is 2.14 bits per heavy atom. The van der Waals surface area contributed by atoms with Crippen molar-refractivity contribution in [2.75, 3.05) is 11.5 Å². The molecular weight excluding hydrogens is 212 g/mol. The Morgan fingerprint density at radius 3 is 2.86 bits per heavy atom. The summed E-state index contributed by atoms with van der Waals surface area (Å²) in [6, 6.07) is 10.4.